The second kappa shape index (κ2) is 9.64. The number of rotatable bonds is 6. The summed E-state index contributed by atoms with van der Waals surface area (Å²) in [4.78, 5) is 22.8. The number of aliphatic imine (C=N–C) groups is 1. The summed E-state index contributed by atoms with van der Waals surface area (Å²) in [7, 11) is 1.67. The van der Waals surface area contributed by atoms with Crippen molar-refractivity contribution < 1.29 is 13.6 Å². The molecule has 2 aromatic rings. The van der Waals surface area contributed by atoms with Gasteiger partial charge in [0.1, 0.15) is 16.5 Å². The number of aromatic nitrogens is 1. The van der Waals surface area contributed by atoms with Gasteiger partial charge in [-0.15, -0.1) is 11.3 Å². The zero-order valence-electron chi connectivity index (χ0n) is 16.3. The SMILES string of the molecule is CN=C(NCCNC(=O)c1scnc1C)NC1CCN(c2ccc(F)cc2F)C1. The van der Waals surface area contributed by atoms with Crippen LogP contribution >= 0.6 is 11.3 Å². The second-order valence-corrected chi connectivity index (χ2v) is 7.55. The maximum Gasteiger partial charge on any atom is 0.263 e. The first-order valence-electron chi connectivity index (χ1n) is 9.33. The highest BCUT2D eigenvalue weighted by atomic mass is 32.1. The maximum atomic E-state index is 14.0. The Morgan fingerprint density at radius 3 is 2.83 bits per heavy atom. The average Bonchev–Trinajstić information content (AvgIpc) is 3.33. The van der Waals surface area contributed by atoms with E-state index in [1.165, 1.54) is 23.5 Å². The molecule has 1 amide bonds. The number of thiazole rings is 1. The number of hydrogen-bond acceptors (Lipinski definition) is 5. The summed E-state index contributed by atoms with van der Waals surface area (Å²) in [5.74, 6) is -0.662. The van der Waals surface area contributed by atoms with Crippen LogP contribution in [0.5, 0.6) is 0 Å². The summed E-state index contributed by atoms with van der Waals surface area (Å²) in [6.07, 6.45) is 0.804. The lowest BCUT2D eigenvalue weighted by Crippen LogP contribution is -2.46. The fourth-order valence-corrected chi connectivity index (χ4v) is 3.90. The van der Waals surface area contributed by atoms with Crippen molar-refractivity contribution in [3.63, 3.8) is 0 Å². The molecule has 3 N–H and O–H groups in total. The number of halogens is 2. The highest BCUT2D eigenvalue weighted by Crippen LogP contribution is 2.24. The fraction of sp³-hybridized carbons (Fsp3) is 0.421. The Labute approximate surface area is 172 Å². The van der Waals surface area contributed by atoms with Gasteiger partial charge >= 0.3 is 0 Å². The van der Waals surface area contributed by atoms with Crippen LogP contribution in [-0.2, 0) is 0 Å². The van der Waals surface area contributed by atoms with Crippen LogP contribution in [0, 0.1) is 18.6 Å². The van der Waals surface area contributed by atoms with Gasteiger partial charge in [-0.25, -0.2) is 13.8 Å². The molecule has 2 heterocycles. The highest BCUT2D eigenvalue weighted by molar-refractivity contribution is 7.11. The van der Waals surface area contributed by atoms with Crippen LogP contribution in [0.2, 0.25) is 0 Å². The van der Waals surface area contributed by atoms with E-state index in [0.29, 0.717) is 42.7 Å². The Hall–Kier alpha value is -2.75. The predicted molar refractivity (Wildman–Crippen MR) is 111 cm³/mol. The molecule has 1 atom stereocenters. The number of nitrogens with zero attached hydrogens (tertiary/aromatic N) is 3. The summed E-state index contributed by atoms with van der Waals surface area (Å²) in [6, 6.07) is 3.72. The highest BCUT2D eigenvalue weighted by Gasteiger charge is 2.25. The van der Waals surface area contributed by atoms with E-state index in [1.807, 2.05) is 4.90 Å². The Morgan fingerprint density at radius 1 is 1.34 bits per heavy atom. The summed E-state index contributed by atoms with van der Waals surface area (Å²) >= 11 is 1.32. The van der Waals surface area contributed by atoms with Gasteiger partial charge in [0, 0.05) is 45.3 Å². The molecule has 0 aliphatic carbocycles. The number of amides is 1. The van der Waals surface area contributed by atoms with Crippen LogP contribution in [0.15, 0.2) is 28.7 Å². The third-order valence-corrected chi connectivity index (χ3v) is 5.59. The molecular weight excluding hydrogens is 398 g/mol. The number of guanidine groups is 1. The molecule has 7 nitrogen and oxygen atoms in total. The zero-order chi connectivity index (χ0) is 20.8. The van der Waals surface area contributed by atoms with Crippen LogP contribution in [0.25, 0.3) is 0 Å². The smallest absolute Gasteiger partial charge is 0.263 e. The lowest BCUT2D eigenvalue weighted by molar-refractivity contribution is 0.0957. The number of hydrogen-bond donors (Lipinski definition) is 3. The molecule has 1 aliphatic heterocycles. The summed E-state index contributed by atoms with van der Waals surface area (Å²) in [6.45, 7) is 4.00. The van der Waals surface area contributed by atoms with Gasteiger partial charge in [0.15, 0.2) is 5.96 Å². The van der Waals surface area contributed by atoms with E-state index in [1.54, 1.807) is 19.5 Å². The van der Waals surface area contributed by atoms with Gasteiger partial charge in [-0.3, -0.25) is 9.79 Å². The van der Waals surface area contributed by atoms with E-state index in [-0.39, 0.29) is 11.9 Å². The first kappa shape index (κ1) is 21.0. The van der Waals surface area contributed by atoms with Crippen molar-refractivity contribution in [3.05, 3.63) is 45.9 Å². The molecule has 156 valence electrons. The van der Waals surface area contributed by atoms with Crippen LogP contribution in [0.1, 0.15) is 21.8 Å². The van der Waals surface area contributed by atoms with E-state index >= 15 is 0 Å². The molecule has 1 aliphatic rings. The van der Waals surface area contributed by atoms with Gasteiger partial charge in [-0.2, -0.15) is 0 Å². The van der Waals surface area contributed by atoms with Crippen LogP contribution < -0.4 is 20.9 Å². The first-order valence-corrected chi connectivity index (χ1v) is 10.2. The van der Waals surface area contributed by atoms with Crippen LogP contribution in [0.3, 0.4) is 0 Å². The van der Waals surface area contributed by atoms with Gasteiger partial charge in [0.2, 0.25) is 0 Å². The molecule has 1 fully saturated rings. The van der Waals surface area contributed by atoms with Crippen molar-refractivity contribution in [1.29, 1.82) is 0 Å². The van der Waals surface area contributed by atoms with E-state index in [0.717, 1.165) is 18.2 Å². The molecule has 1 aromatic heterocycles. The number of benzene rings is 1. The van der Waals surface area contributed by atoms with E-state index in [9.17, 15) is 13.6 Å². The van der Waals surface area contributed by atoms with Crippen molar-refractivity contribution in [3.8, 4) is 0 Å². The number of anilines is 1. The molecule has 1 aromatic carbocycles. The molecule has 0 saturated carbocycles. The minimum Gasteiger partial charge on any atom is -0.367 e. The Kier molecular flexibility index (Phi) is 6.97. The standard InChI is InChI=1S/C19H24F2N6OS/c1-12-17(29-11-25-12)18(28)23-6-7-24-19(22-2)26-14-5-8-27(10-14)16-4-3-13(20)9-15(16)21/h3-4,9,11,14H,5-8,10H2,1-2H3,(H,23,28)(H2,22,24,26). The van der Waals surface area contributed by atoms with Gasteiger partial charge in [0.05, 0.1) is 16.9 Å². The van der Waals surface area contributed by atoms with Crippen molar-refractivity contribution in [1.82, 2.24) is 20.9 Å². The number of carbonyl (C=O) groups is 1. The maximum absolute atomic E-state index is 14.0. The normalized spacial score (nSPS) is 16.8. The average molecular weight is 423 g/mol. The van der Waals surface area contributed by atoms with Gasteiger partial charge in [0.25, 0.3) is 5.91 Å². The molecule has 0 spiro atoms. The van der Waals surface area contributed by atoms with Gasteiger partial charge in [-0.05, 0) is 25.5 Å². The van der Waals surface area contributed by atoms with E-state index in [2.05, 4.69) is 25.9 Å². The van der Waals surface area contributed by atoms with Crippen LogP contribution in [0.4, 0.5) is 14.5 Å². The third-order valence-electron chi connectivity index (χ3n) is 4.66. The zero-order valence-corrected chi connectivity index (χ0v) is 17.2. The van der Waals surface area contributed by atoms with E-state index in [4.69, 9.17) is 0 Å². The summed E-state index contributed by atoms with van der Waals surface area (Å²) in [5.41, 5.74) is 2.78. The molecule has 3 rings (SSSR count). The van der Waals surface area contributed by atoms with Crippen molar-refractivity contribution >= 4 is 28.9 Å². The third kappa shape index (κ3) is 5.41. The molecule has 1 saturated heterocycles. The minimum absolute atomic E-state index is 0.0834. The van der Waals surface area contributed by atoms with Crippen molar-refractivity contribution in [2.24, 2.45) is 4.99 Å². The molecule has 10 heteroatoms. The lowest BCUT2D eigenvalue weighted by Gasteiger charge is -2.21. The molecule has 0 bridgehead atoms. The summed E-state index contributed by atoms with van der Waals surface area (Å²) in [5, 5.41) is 9.30. The predicted octanol–water partition coefficient (Wildman–Crippen LogP) is 1.90. The molecule has 1 unspecified atom stereocenters. The van der Waals surface area contributed by atoms with Crippen molar-refractivity contribution in [2.45, 2.75) is 19.4 Å². The van der Waals surface area contributed by atoms with E-state index < -0.39 is 11.6 Å². The van der Waals surface area contributed by atoms with Crippen molar-refractivity contribution in [2.75, 3.05) is 38.1 Å². The topological polar surface area (TPSA) is 81.6 Å². The van der Waals surface area contributed by atoms with Crippen LogP contribution in [-0.4, -0.2) is 56.1 Å². The Bertz CT molecular complexity index is 887. The Balaban J connectivity index is 1.42. The Morgan fingerprint density at radius 2 is 2.14 bits per heavy atom. The second-order valence-electron chi connectivity index (χ2n) is 6.69. The van der Waals surface area contributed by atoms with Gasteiger partial charge < -0.3 is 20.9 Å². The molecule has 29 heavy (non-hydrogen) atoms. The number of aryl methyl sites for hydroxylation is 1. The number of nitrogens with one attached hydrogen (secondary N) is 3. The quantitative estimate of drug-likeness (QED) is 0.376. The lowest BCUT2D eigenvalue weighted by atomic mass is 10.2. The minimum atomic E-state index is -0.581. The first-order chi connectivity index (χ1) is 14.0. The fourth-order valence-electron chi connectivity index (χ4n) is 3.18. The molecular formula is C19H24F2N6OS. The largest absolute Gasteiger partial charge is 0.367 e. The van der Waals surface area contributed by atoms with Gasteiger partial charge in [-0.1, -0.05) is 0 Å². The monoisotopic (exact) mass is 422 g/mol. The number of carbonyl (C=O) groups excluding carboxylic acids is 1. The summed E-state index contributed by atoms with van der Waals surface area (Å²) < 4.78 is 27.1. The molecule has 0 radical (unpaired) electrons.